The largest absolute Gasteiger partial charge is 0.352 e. The van der Waals surface area contributed by atoms with Gasteiger partial charge in [-0.2, -0.15) is 0 Å². The van der Waals surface area contributed by atoms with E-state index in [0.717, 1.165) is 51.9 Å². The summed E-state index contributed by atoms with van der Waals surface area (Å²) < 4.78 is 25.7. The van der Waals surface area contributed by atoms with Crippen LogP contribution < -0.4 is 15.4 Å². The molecule has 0 bridgehead atoms. The highest BCUT2D eigenvalue weighted by Gasteiger charge is 2.18. The Balaban J connectivity index is 1.46. The number of piperazine rings is 1. The van der Waals surface area contributed by atoms with E-state index < -0.39 is 15.9 Å². The molecule has 3 N–H and O–H groups in total. The molecule has 3 rings (SSSR count). The molecule has 10 heteroatoms. The molecule has 0 unspecified atom stereocenters. The minimum absolute atomic E-state index is 0.159. The molecule has 0 aromatic heterocycles. The zero-order valence-electron chi connectivity index (χ0n) is 19.7. The predicted molar refractivity (Wildman–Crippen MR) is 134 cm³/mol. The van der Waals surface area contributed by atoms with Gasteiger partial charge < -0.3 is 15.5 Å². The van der Waals surface area contributed by atoms with Crippen molar-refractivity contribution in [2.45, 2.75) is 19.9 Å². The second-order valence-corrected chi connectivity index (χ2v) is 10.3. The van der Waals surface area contributed by atoms with E-state index in [1.165, 1.54) is 24.6 Å². The Kier molecular flexibility index (Phi) is 9.03. The number of carbonyl (C=O) groups excluding carboxylic acids is 2. The zero-order valence-corrected chi connectivity index (χ0v) is 20.5. The maximum Gasteiger partial charge on any atom is 0.253 e. The van der Waals surface area contributed by atoms with Gasteiger partial charge in [0.1, 0.15) is 0 Å². The minimum Gasteiger partial charge on any atom is -0.352 e. The number of benzene rings is 2. The Labute approximate surface area is 201 Å². The molecule has 0 radical (unpaired) electrons. The molecule has 0 spiro atoms. The van der Waals surface area contributed by atoms with E-state index in [-0.39, 0.29) is 17.2 Å². The van der Waals surface area contributed by atoms with Crippen molar-refractivity contribution >= 4 is 33.2 Å². The van der Waals surface area contributed by atoms with Crippen LogP contribution in [0.4, 0.5) is 11.4 Å². The van der Waals surface area contributed by atoms with Gasteiger partial charge in [-0.05, 0) is 36.7 Å². The summed E-state index contributed by atoms with van der Waals surface area (Å²) >= 11 is 0. The molecular formula is C24H33N5O4S. The third-order valence-corrected chi connectivity index (χ3v) is 6.12. The zero-order chi connectivity index (χ0) is 24.6. The van der Waals surface area contributed by atoms with Crippen LogP contribution in [0.5, 0.6) is 0 Å². The molecule has 0 aliphatic carbocycles. The highest BCUT2D eigenvalue weighted by atomic mass is 32.2. The molecule has 9 nitrogen and oxygen atoms in total. The van der Waals surface area contributed by atoms with Gasteiger partial charge in [0.05, 0.1) is 17.5 Å². The fourth-order valence-corrected chi connectivity index (χ4v) is 4.49. The van der Waals surface area contributed by atoms with Gasteiger partial charge in [-0.25, -0.2) is 8.42 Å². The van der Waals surface area contributed by atoms with Gasteiger partial charge in [-0.15, -0.1) is 0 Å². The van der Waals surface area contributed by atoms with Gasteiger partial charge in [0, 0.05) is 51.9 Å². The molecule has 0 atom stereocenters. The van der Waals surface area contributed by atoms with Crippen LogP contribution in [0.2, 0.25) is 0 Å². The van der Waals surface area contributed by atoms with Gasteiger partial charge in [0.15, 0.2) is 0 Å². The van der Waals surface area contributed by atoms with Crippen LogP contribution >= 0.6 is 0 Å². The maximum absolute atomic E-state index is 12.8. The first-order valence-electron chi connectivity index (χ1n) is 11.4. The monoisotopic (exact) mass is 487 g/mol. The van der Waals surface area contributed by atoms with Crippen molar-refractivity contribution in [1.82, 2.24) is 15.1 Å². The quantitative estimate of drug-likeness (QED) is 0.442. The summed E-state index contributed by atoms with van der Waals surface area (Å²) in [5, 5.41) is 5.48. The van der Waals surface area contributed by atoms with Crippen LogP contribution in [-0.2, 0) is 21.4 Å². The molecule has 34 heavy (non-hydrogen) atoms. The molecule has 1 fully saturated rings. The lowest BCUT2D eigenvalue weighted by Crippen LogP contribution is -2.46. The summed E-state index contributed by atoms with van der Waals surface area (Å²) in [4.78, 5) is 29.0. The number of nitrogens with zero attached hydrogens (tertiary/aromatic N) is 2. The van der Waals surface area contributed by atoms with E-state index in [9.17, 15) is 18.0 Å². The van der Waals surface area contributed by atoms with Gasteiger partial charge in [-0.3, -0.25) is 19.2 Å². The summed E-state index contributed by atoms with van der Waals surface area (Å²) in [7, 11) is -3.56. The highest BCUT2D eigenvalue weighted by molar-refractivity contribution is 7.92. The molecule has 1 aliphatic rings. The fourth-order valence-electron chi connectivity index (χ4n) is 3.91. The van der Waals surface area contributed by atoms with Gasteiger partial charge in [0.2, 0.25) is 15.9 Å². The molecule has 1 aliphatic heterocycles. The number of sulfonamides is 1. The highest BCUT2D eigenvalue weighted by Crippen LogP contribution is 2.22. The first-order chi connectivity index (χ1) is 16.2. The average molecular weight is 488 g/mol. The molecule has 2 amide bonds. The first kappa shape index (κ1) is 25.7. The summed E-state index contributed by atoms with van der Waals surface area (Å²) in [6, 6.07) is 14.9. The standard InChI is InChI=1S/C24H33N5O4S/c1-19(30)26-21-9-10-23(27-34(2,32)33)22(17-21)24(31)25-11-6-12-28-13-15-29(16-14-28)18-20-7-4-3-5-8-20/h3-5,7-10,17,27H,6,11-16,18H2,1-2H3,(H,25,31)(H,26,30). The number of hydrogen-bond acceptors (Lipinski definition) is 6. The topological polar surface area (TPSA) is 111 Å². The molecule has 2 aromatic rings. The summed E-state index contributed by atoms with van der Waals surface area (Å²) in [6.45, 7) is 7.67. The summed E-state index contributed by atoms with van der Waals surface area (Å²) in [6.07, 6.45) is 1.81. The molecule has 0 saturated carbocycles. The SMILES string of the molecule is CC(=O)Nc1ccc(NS(C)(=O)=O)c(C(=O)NCCCN2CCN(Cc3ccccc3)CC2)c1. The fraction of sp³-hybridized carbons (Fsp3) is 0.417. The van der Waals surface area contributed by atoms with Crippen molar-refractivity contribution in [2.24, 2.45) is 0 Å². The van der Waals surface area contributed by atoms with Gasteiger partial charge in [0.25, 0.3) is 5.91 Å². The van der Waals surface area contributed by atoms with Crippen molar-refractivity contribution in [1.29, 1.82) is 0 Å². The van der Waals surface area contributed by atoms with E-state index in [1.54, 1.807) is 6.07 Å². The number of rotatable bonds is 10. The van der Waals surface area contributed by atoms with Crippen LogP contribution in [0.3, 0.4) is 0 Å². The van der Waals surface area contributed by atoms with Gasteiger partial charge >= 0.3 is 0 Å². The molecular weight excluding hydrogens is 454 g/mol. The van der Waals surface area contributed by atoms with E-state index in [4.69, 9.17) is 0 Å². The Morgan fingerprint density at radius 2 is 1.65 bits per heavy atom. The molecule has 1 saturated heterocycles. The molecule has 2 aromatic carbocycles. The Morgan fingerprint density at radius 1 is 0.971 bits per heavy atom. The summed E-state index contributed by atoms with van der Waals surface area (Å²) in [5.74, 6) is -0.676. The first-order valence-corrected chi connectivity index (χ1v) is 13.2. The van der Waals surface area contributed by atoms with Crippen LogP contribution in [0.1, 0.15) is 29.3 Å². The van der Waals surface area contributed by atoms with E-state index in [0.29, 0.717) is 12.2 Å². The normalized spacial score (nSPS) is 15.0. The maximum atomic E-state index is 12.8. The number of amides is 2. The summed E-state index contributed by atoms with van der Waals surface area (Å²) in [5.41, 5.74) is 2.07. The Hall–Kier alpha value is -2.95. The van der Waals surface area contributed by atoms with Crippen LogP contribution in [0, 0.1) is 0 Å². The number of carbonyl (C=O) groups is 2. The lowest BCUT2D eigenvalue weighted by atomic mass is 10.1. The number of hydrogen-bond donors (Lipinski definition) is 3. The van der Waals surface area contributed by atoms with Crippen molar-refractivity contribution in [3.63, 3.8) is 0 Å². The average Bonchev–Trinajstić information content (AvgIpc) is 2.78. The van der Waals surface area contributed by atoms with Crippen molar-refractivity contribution in [2.75, 3.05) is 55.6 Å². The smallest absolute Gasteiger partial charge is 0.253 e. The number of anilines is 2. The lowest BCUT2D eigenvalue weighted by molar-refractivity contribution is -0.114. The van der Waals surface area contributed by atoms with Crippen molar-refractivity contribution in [3.05, 3.63) is 59.7 Å². The van der Waals surface area contributed by atoms with Gasteiger partial charge in [-0.1, -0.05) is 30.3 Å². The van der Waals surface area contributed by atoms with E-state index >= 15 is 0 Å². The lowest BCUT2D eigenvalue weighted by Gasteiger charge is -2.34. The second-order valence-electron chi connectivity index (χ2n) is 8.53. The second kappa shape index (κ2) is 12.0. The minimum atomic E-state index is -3.56. The van der Waals surface area contributed by atoms with Crippen LogP contribution in [0.25, 0.3) is 0 Å². The Morgan fingerprint density at radius 3 is 2.29 bits per heavy atom. The van der Waals surface area contributed by atoms with Crippen molar-refractivity contribution in [3.8, 4) is 0 Å². The van der Waals surface area contributed by atoms with Crippen LogP contribution in [0.15, 0.2) is 48.5 Å². The third-order valence-electron chi connectivity index (χ3n) is 5.53. The van der Waals surface area contributed by atoms with Crippen molar-refractivity contribution < 1.29 is 18.0 Å². The van der Waals surface area contributed by atoms with Crippen LogP contribution in [-0.4, -0.2) is 75.6 Å². The molecule has 1 heterocycles. The Bertz CT molecular complexity index is 1080. The number of nitrogens with one attached hydrogen (secondary N) is 3. The third kappa shape index (κ3) is 8.44. The van der Waals surface area contributed by atoms with E-state index in [2.05, 4.69) is 49.4 Å². The molecule has 184 valence electrons. The predicted octanol–water partition coefficient (Wildman–Crippen LogP) is 1.95. The van der Waals surface area contributed by atoms with E-state index in [1.807, 2.05) is 6.07 Å².